The Morgan fingerprint density at radius 3 is 1.10 bits per heavy atom. The van der Waals surface area contributed by atoms with E-state index >= 15 is 0 Å². The monoisotopic (exact) mass is 1170 g/mol. The number of esters is 2. The van der Waals surface area contributed by atoms with E-state index in [2.05, 4.69) is 21.3 Å². The van der Waals surface area contributed by atoms with Gasteiger partial charge < -0.3 is 59.0 Å². The Morgan fingerprint density at radius 1 is 0.482 bits per heavy atom. The van der Waals surface area contributed by atoms with Crippen LogP contribution in [0.1, 0.15) is 99.6 Å². The van der Waals surface area contributed by atoms with E-state index in [9.17, 15) is 47.7 Å². The minimum atomic E-state index is -4.96. The van der Waals surface area contributed by atoms with Crippen LogP contribution in [0.15, 0.2) is 146 Å². The van der Waals surface area contributed by atoms with Crippen molar-refractivity contribution in [1.82, 2.24) is 10.6 Å². The first-order valence-electron chi connectivity index (χ1n) is 26.7. The molecule has 0 heterocycles. The molecule has 0 radical (unpaired) electrons. The van der Waals surface area contributed by atoms with Crippen LogP contribution in [0.3, 0.4) is 0 Å². The van der Waals surface area contributed by atoms with Crippen molar-refractivity contribution in [2.24, 2.45) is 0 Å². The largest absolute Gasteiger partial charge is 0.458 e. The second-order valence-corrected chi connectivity index (χ2v) is 26.2. The Hall–Kier alpha value is -7.96. The molecular weight excluding hydrogens is 1110 g/mol. The van der Waals surface area contributed by atoms with E-state index < -0.39 is 106 Å². The Bertz CT molecular complexity index is 3160. The number of benzene rings is 6. The number of alkyl carbamates (subject to hydrolysis) is 2. The summed E-state index contributed by atoms with van der Waals surface area (Å²) in [4.78, 5) is 99.5. The van der Waals surface area contributed by atoms with Gasteiger partial charge in [-0.25, -0.2) is 19.2 Å². The smallest absolute Gasteiger partial charge is 0.407 e. The van der Waals surface area contributed by atoms with Crippen LogP contribution in [-0.2, 0) is 69.5 Å². The normalized spacial score (nSPS) is 13.7. The van der Waals surface area contributed by atoms with E-state index in [1.54, 1.807) is 41.5 Å². The molecule has 83 heavy (non-hydrogen) atoms. The van der Waals surface area contributed by atoms with Crippen LogP contribution >= 0.6 is 15.2 Å². The van der Waals surface area contributed by atoms with Gasteiger partial charge >= 0.3 is 39.3 Å². The molecular formula is C61H66N4O16P2. The van der Waals surface area contributed by atoms with Gasteiger partial charge in [0.2, 0.25) is 11.8 Å². The summed E-state index contributed by atoms with van der Waals surface area (Å²) in [6, 6.07) is 40.3. The lowest BCUT2D eigenvalue weighted by molar-refractivity contribution is -0.159. The molecule has 6 aromatic carbocycles. The lowest BCUT2D eigenvalue weighted by Crippen LogP contribution is -2.46. The minimum absolute atomic E-state index is 0.0274. The third kappa shape index (κ3) is 17.1. The Morgan fingerprint density at radius 2 is 0.795 bits per heavy atom. The molecule has 0 unspecified atom stereocenters. The number of ether oxygens (including phenoxy) is 4. The molecule has 0 aliphatic heterocycles. The molecule has 0 bridgehead atoms. The molecule has 6 aromatic rings. The van der Waals surface area contributed by atoms with Gasteiger partial charge in [-0.05, 0) is 121 Å². The van der Waals surface area contributed by atoms with Crippen LogP contribution in [0, 0.1) is 0 Å². The van der Waals surface area contributed by atoms with Crippen molar-refractivity contribution in [3.05, 3.63) is 179 Å². The van der Waals surface area contributed by atoms with E-state index in [1.807, 2.05) is 97.1 Å². The molecule has 2 atom stereocenters. The maximum atomic E-state index is 13.9. The topological polar surface area (TPSA) is 281 Å². The first-order valence-corrected chi connectivity index (χ1v) is 30.2. The van der Waals surface area contributed by atoms with Crippen molar-refractivity contribution in [1.29, 1.82) is 0 Å². The average molecular weight is 1170 g/mol. The van der Waals surface area contributed by atoms with Gasteiger partial charge in [-0.2, -0.15) is 0 Å². The van der Waals surface area contributed by atoms with Gasteiger partial charge in [-0.3, -0.25) is 18.7 Å². The van der Waals surface area contributed by atoms with E-state index in [4.69, 9.17) is 28.0 Å². The highest BCUT2D eigenvalue weighted by Gasteiger charge is 2.37. The first-order chi connectivity index (χ1) is 39.3. The van der Waals surface area contributed by atoms with Gasteiger partial charge in [-0.15, -0.1) is 0 Å². The molecule has 0 saturated heterocycles. The van der Waals surface area contributed by atoms with Crippen LogP contribution in [0.4, 0.5) is 21.0 Å². The maximum Gasteiger partial charge on any atom is 0.407 e. The number of rotatable bonds is 22. The second-order valence-electron chi connectivity index (χ2n) is 22.0. The zero-order chi connectivity index (χ0) is 59.7. The van der Waals surface area contributed by atoms with Crippen LogP contribution in [0.2, 0.25) is 0 Å². The van der Waals surface area contributed by atoms with Crippen molar-refractivity contribution >= 4 is 62.5 Å². The molecule has 4 amide bonds. The third-order valence-electron chi connectivity index (χ3n) is 13.1. The summed E-state index contributed by atoms with van der Waals surface area (Å²) < 4.78 is 59.4. The molecule has 22 heteroatoms. The van der Waals surface area contributed by atoms with Gasteiger partial charge in [-0.1, -0.05) is 121 Å². The highest BCUT2D eigenvalue weighted by atomic mass is 31.2. The van der Waals surface area contributed by atoms with Crippen molar-refractivity contribution in [3.63, 3.8) is 0 Å². The van der Waals surface area contributed by atoms with E-state index in [-0.39, 0.29) is 36.4 Å². The number of nitrogens with one attached hydrogen (secondary N) is 4. The predicted molar refractivity (Wildman–Crippen MR) is 309 cm³/mol. The molecule has 2 aliphatic rings. The summed E-state index contributed by atoms with van der Waals surface area (Å²) in [6.45, 7) is 8.98. The van der Waals surface area contributed by atoms with E-state index in [0.29, 0.717) is 11.1 Å². The van der Waals surface area contributed by atoms with E-state index in [1.165, 1.54) is 48.5 Å². The lowest BCUT2D eigenvalue weighted by atomic mass is 9.98. The summed E-state index contributed by atoms with van der Waals surface area (Å²) >= 11 is 0. The van der Waals surface area contributed by atoms with Crippen LogP contribution in [0.25, 0.3) is 22.3 Å². The van der Waals surface area contributed by atoms with Crippen LogP contribution in [-0.4, -0.2) is 88.1 Å². The number of fused-ring (bicyclic) bond motifs is 6. The zero-order valence-corrected chi connectivity index (χ0v) is 48.4. The Balaban J connectivity index is 0.821. The summed E-state index contributed by atoms with van der Waals surface area (Å²) in [7, 11) is -9.47. The summed E-state index contributed by atoms with van der Waals surface area (Å²) in [5.41, 5.74) is 7.53. The molecule has 0 aromatic heterocycles. The molecule has 6 N–H and O–H groups in total. The number of hydrogen-bond donors (Lipinski definition) is 6. The number of carbonyl (C=O) groups is 6. The van der Waals surface area contributed by atoms with Crippen molar-refractivity contribution in [2.75, 3.05) is 29.8 Å². The van der Waals surface area contributed by atoms with Crippen LogP contribution < -0.4 is 21.3 Å². The maximum absolute atomic E-state index is 13.9. The second kappa shape index (κ2) is 26.1. The average Bonchev–Trinajstić information content (AvgIpc) is 4.04. The fourth-order valence-corrected chi connectivity index (χ4v) is 12.8. The van der Waals surface area contributed by atoms with Crippen LogP contribution in [0.5, 0.6) is 0 Å². The summed E-state index contributed by atoms with van der Waals surface area (Å²) in [5.74, 6) is -4.77. The first kappa shape index (κ1) is 61.1. The predicted octanol–water partition coefficient (Wildman–Crippen LogP) is 10.9. The van der Waals surface area contributed by atoms with Gasteiger partial charge in [0.1, 0.15) is 36.5 Å². The van der Waals surface area contributed by atoms with Crippen molar-refractivity contribution < 1.29 is 75.7 Å². The van der Waals surface area contributed by atoms with Gasteiger partial charge in [0.25, 0.3) is 0 Å². The Labute approximate surface area is 480 Å². The molecule has 2 aliphatic carbocycles. The molecule has 0 fully saturated rings. The third-order valence-corrected chi connectivity index (χ3v) is 17.0. The molecule has 0 spiro atoms. The van der Waals surface area contributed by atoms with Gasteiger partial charge in [0.15, 0.2) is 5.90 Å². The SMILES string of the molecule is CC(C)(C)OC(=O)[C@H](CC(=O)Nc1ccc(COP(=O)(CP(=O)(O)O)OCc2ccc(NC(=O)C[C@H](NC(=O)OCC3c4ccccc4-c4ccccc43)C(=O)OC(C)(C)C)cc2)cc1)NC(=O)OCC1c2ccccc2-c2ccccc21. The van der Waals surface area contributed by atoms with Crippen molar-refractivity contribution in [3.8, 4) is 22.3 Å². The van der Waals surface area contributed by atoms with Gasteiger partial charge in [0.05, 0.1) is 26.1 Å². The zero-order valence-electron chi connectivity index (χ0n) is 46.6. The number of carbonyl (C=O) groups excluding carboxylic acids is 6. The Kier molecular flexibility index (Phi) is 19.2. The lowest BCUT2D eigenvalue weighted by Gasteiger charge is -2.24. The fraction of sp³-hybridized carbons (Fsp3) is 0.311. The van der Waals surface area contributed by atoms with Gasteiger partial charge in [0, 0.05) is 23.2 Å². The molecule has 436 valence electrons. The quantitative estimate of drug-likeness (QED) is 0.0209. The molecule has 0 saturated carbocycles. The highest BCUT2D eigenvalue weighted by molar-refractivity contribution is 7.70. The summed E-state index contributed by atoms with van der Waals surface area (Å²) in [5, 5.41) is 10.3. The van der Waals surface area contributed by atoms with Crippen molar-refractivity contribution in [2.45, 2.75) is 103 Å². The number of anilines is 2. The fourth-order valence-electron chi connectivity index (χ4n) is 9.55. The highest BCUT2D eigenvalue weighted by Crippen LogP contribution is 2.60. The molecule has 8 rings (SSSR count). The standard InChI is InChI=1S/C61H66N4O16P2/c1-60(2,3)80-56(68)52(64-58(70)76-35-50-46-19-11-7-15-42(46)43-16-8-12-20-47(43)50)31-54(66)62-40-27-23-38(24-28-40)33-78-83(75,37-82(72,73)74)79-34-39-25-29-41(30-26-39)63-55(67)32-53(57(69)81-61(4,5)6)65-59(71)77-36-51-48-21-13-9-17-44(48)45-18-10-14-22-49(45)51/h7-30,50-53H,31-37H2,1-6H3,(H,62,66)(H,63,67)(H,64,70)(H,65,71)(H2,72,73,74)/t52-,53-/m0/s1. The van der Waals surface area contributed by atoms with E-state index in [0.717, 1.165) is 44.5 Å². The summed E-state index contributed by atoms with van der Waals surface area (Å²) in [6.07, 6.45) is -2.89. The number of hydrogen-bond acceptors (Lipinski definition) is 14. The number of amides is 4. The minimum Gasteiger partial charge on any atom is -0.458 e. The molecule has 20 nitrogen and oxygen atoms in total.